The van der Waals surface area contributed by atoms with E-state index in [4.69, 9.17) is 0 Å². The minimum absolute atomic E-state index is 0. The maximum absolute atomic E-state index is 9.27. The molecule has 0 saturated carbocycles. The SMILES string of the molecule is C[C-](C)C.C[C-](C)C.[CH-]=CNC(=O)[O-].[Ca+2]. The Balaban J connectivity index is -0.0000000606. The normalized spacial score (nSPS) is 7.47. The van der Waals surface area contributed by atoms with Gasteiger partial charge in [0.2, 0.25) is 0 Å². The van der Waals surface area contributed by atoms with Crippen molar-refractivity contribution >= 4 is 43.8 Å². The second-order valence-electron chi connectivity index (χ2n) is 3.60. The smallest absolute Gasteiger partial charge is 0.530 e. The fraction of sp³-hybridized carbons (Fsp3) is 0.545. The van der Waals surface area contributed by atoms with Gasteiger partial charge in [0.15, 0.2) is 0 Å². The zero-order valence-corrected chi connectivity index (χ0v) is 12.9. The topological polar surface area (TPSA) is 52.2 Å². The van der Waals surface area contributed by atoms with E-state index in [9.17, 15) is 9.90 Å². The zero-order chi connectivity index (χ0) is 12.1. The predicted octanol–water partition coefficient (Wildman–Crippen LogP) is 1.73. The molecule has 0 aliphatic carbocycles. The van der Waals surface area contributed by atoms with E-state index >= 15 is 0 Å². The monoisotopic (exact) mass is 239 g/mol. The summed E-state index contributed by atoms with van der Waals surface area (Å²) < 4.78 is 0. The summed E-state index contributed by atoms with van der Waals surface area (Å²) in [5, 5.41) is 10.9. The molecule has 0 aromatic carbocycles. The molecule has 0 saturated heterocycles. The average molecular weight is 239 g/mol. The van der Waals surface area contributed by atoms with Crippen molar-refractivity contribution in [2.45, 2.75) is 41.5 Å². The minimum Gasteiger partial charge on any atom is -0.530 e. The van der Waals surface area contributed by atoms with Gasteiger partial charge in [-0.3, -0.25) is 0 Å². The van der Waals surface area contributed by atoms with Crippen LogP contribution in [0.4, 0.5) is 4.79 Å². The number of hydrogen-bond acceptors (Lipinski definition) is 2. The molecule has 0 heterocycles. The third kappa shape index (κ3) is 201. The minimum atomic E-state index is -1.39. The van der Waals surface area contributed by atoms with E-state index in [2.05, 4.69) is 48.1 Å². The van der Waals surface area contributed by atoms with Gasteiger partial charge in [0, 0.05) is 0 Å². The van der Waals surface area contributed by atoms with Gasteiger partial charge in [-0.05, 0) is 0 Å². The fourth-order valence-electron chi connectivity index (χ4n) is 0.0680. The maximum Gasteiger partial charge on any atom is 2.00 e. The Labute approximate surface area is 124 Å². The van der Waals surface area contributed by atoms with Crippen LogP contribution in [0.25, 0.3) is 0 Å². The number of carbonyl (C=O) groups is 1. The molecule has 0 aromatic heterocycles. The molecule has 0 unspecified atom stereocenters. The summed E-state index contributed by atoms with van der Waals surface area (Å²) in [5.41, 5.74) is 0. The van der Waals surface area contributed by atoms with Gasteiger partial charge in [-0.15, -0.1) is 0 Å². The summed E-state index contributed by atoms with van der Waals surface area (Å²) in [6.07, 6.45) is -0.604. The van der Waals surface area contributed by atoms with Gasteiger partial charge < -0.3 is 33.6 Å². The van der Waals surface area contributed by atoms with Crippen LogP contribution in [-0.2, 0) is 0 Å². The molecule has 4 heteroatoms. The van der Waals surface area contributed by atoms with E-state index in [1.54, 1.807) is 5.32 Å². The third-order valence-corrected chi connectivity index (χ3v) is 0.201. The van der Waals surface area contributed by atoms with Crippen LogP contribution in [0.15, 0.2) is 6.20 Å². The van der Waals surface area contributed by atoms with Gasteiger partial charge in [0.1, 0.15) is 6.09 Å². The Morgan fingerprint density at radius 1 is 1.13 bits per heavy atom. The first kappa shape index (κ1) is 24.5. The molecule has 3 nitrogen and oxygen atoms in total. The van der Waals surface area contributed by atoms with E-state index in [0.717, 1.165) is 6.20 Å². The number of carbonyl (C=O) groups excluding carboxylic acids is 1. The summed E-state index contributed by atoms with van der Waals surface area (Å²) >= 11 is 0. The first-order valence-corrected chi connectivity index (χ1v) is 4.28. The summed E-state index contributed by atoms with van der Waals surface area (Å²) in [7, 11) is 0. The molecule has 0 spiro atoms. The molecule has 15 heavy (non-hydrogen) atoms. The second-order valence-corrected chi connectivity index (χ2v) is 3.60. The van der Waals surface area contributed by atoms with Gasteiger partial charge in [-0.1, -0.05) is 0 Å². The fourth-order valence-corrected chi connectivity index (χ4v) is 0.0680. The molecule has 0 aromatic rings. The Morgan fingerprint density at radius 3 is 1.33 bits per heavy atom. The van der Waals surface area contributed by atoms with Crippen molar-refractivity contribution in [1.29, 1.82) is 0 Å². The first-order valence-electron chi connectivity index (χ1n) is 4.28. The zero-order valence-electron chi connectivity index (χ0n) is 10.7. The molecule has 86 valence electrons. The van der Waals surface area contributed by atoms with E-state index in [1.807, 2.05) is 0 Å². The van der Waals surface area contributed by atoms with Crippen LogP contribution < -0.4 is 10.4 Å². The molecule has 0 aliphatic rings. The van der Waals surface area contributed by atoms with Crippen molar-refractivity contribution in [2.24, 2.45) is 0 Å². The molecular formula is C11H21CaNO2-2. The molecule has 1 amide bonds. The summed E-state index contributed by atoms with van der Waals surface area (Å²) in [5.74, 6) is 2.83. The molecule has 0 aliphatic heterocycles. The van der Waals surface area contributed by atoms with E-state index in [-0.39, 0.29) is 37.7 Å². The van der Waals surface area contributed by atoms with Crippen molar-refractivity contribution < 1.29 is 9.90 Å². The summed E-state index contributed by atoms with van der Waals surface area (Å²) in [6.45, 7) is 17.1. The van der Waals surface area contributed by atoms with Crippen LogP contribution >= 0.6 is 0 Å². The molecular weight excluding hydrogens is 218 g/mol. The standard InChI is InChI=1S/2C4H9.C3H4NO2.Ca/c2*1-4(2)3;1-2-4-3(5)6;/h2*1-3H3;1-2,4H,(H,5,6);/q3*-1;+2/p-1. The molecule has 0 atom stereocenters. The molecule has 0 bridgehead atoms. The van der Waals surface area contributed by atoms with Gasteiger partial charge in [-0.2, -0.15) is 47.7 Å². The van der Waals surface area contributed by atoms with Crippen molar-refractivity contribution in [3.8, 4) is 0 Å². The summed E-state index contributed by atoms with van der Waals surface area (Å²) in [4.78, 5) is 9.27. The number of amides is 1. The van der Waals surface area contributed by atoms with Crippen molar-refractivity contribution in [2.75, 3.05) is 0 Å². The van der Waals surface area contributed by atoms with Crippen LogP contribution in [0.2, 0.25) is 0 Å². The quantitative estimate of drug-likeness (QED) is 0.559. The third-order valence-electron chi connectivity index (χ3n) is 0.201. The number of carboxylic acid groups (broad SMARTS) is 1. The second kappa shape index (κ2) is 19.8. The van der Waals surface area contributed by atoms with Crippen LogP contribution in [0.1, 0.15) is 41.5 Å². The molecule has 0 fully saturated rings. The Kier molecular flexibility index (Phi) is 32.3. The summed E-state index contributed by atoms with van der Waals surface area (Å²) in [6, 6.07) is 0. The maximum atomic E-state index is 9.27. The Hall–Kier alpha value is 0.270. The van der Waals surface area contributed by atoms with E-state index in [1.165, 1.54) is 11.8 Å². The van der Waals surface area contributed by atoms with Crippen LogP contribution in [0.5, 0.6) is 0 Å². The first-order chi connectivity index (χ1) is 6.23. The number of rotatable bonds is 1. The largest absolute Gasteiger partial charge is 2.00 e. The predicted molar refractivity (Wildman–Crippen MR) is 63.7 cm³/mol. The van der Waals surface area contributed by atoms with Crippen molar-refractivity contribution in [3.05, 3.63) is 24.6 Å². The Bertz CT molecular complexity index is 125. The van der Waals surface area contributed by atoms with Crippen LogP contribution in [-0.4, -0.2) is 43.8 Å². The van der Waals surface area contributed by atoms with Crippen LogP contribution in [0.3, 0.4) is 0 Å². The van der Waals surface area contributed by atoms with E-state index < -0.39 is 6.09 Å². The van der Waals surface area contributed by atoms with Gasteiger partial charge in [0.05, 0.1) is 0 Å². The van der Waals surface area contributed by atoms with Gasteiger partial charge in [0.25, 0.3) is 0 Å². The molecule has 0 rings (SSSR count). The number of hydrogen-bond donors (Lipinski definition) is 1. The molecule has 1 N–H and O–H groups in total. The van der Waals surface area contributed by atoms with Gasteiger partial charge >= 0.3 is 37.7 Å². The van der Waals surface area contributed by atoms with Crippen molar-refractivity contribution in [1.82, 2.24) is 5.32 Å². The van der Waals surface area contributed by atoms with Crippen molar-refractivity contribution in [3.63, 3.8) is 0 Å². The van der Waals surface area contributed by atoms with E-state index in [0.29, 0.717) is 0 Å². The average Bonchev–Trinajstić information content (AvgIpc) is 1.82. The van der Waals surface area contributed by atoms with Gasteiger partial charge in [-0.25, -0.2) is 0 Å². The van der Waals surface area contributed by atoms with Crippen LogP contribution in [0, 0.1) is 18.4 Å². The molecule has 0 radical (unpaired) electrons. The number of nitrogens with one attached hydrogen (secondary N) is 1. The Morgan fingerprint density at radius 2 is 1.33 bits per heavy atom.